The molecule has 2 nitrogen and oxygen atoms in total. The van der Waals surface area contributed by atoms with Crippen LogP contribution < -0.4 is 0 Å². The zero-order valence-electron chi connectivity index (χ0n) is 11.8. The van der Waals surface area contributed by atoms with Gasteiger partial charge in [0.25, 0.3) is 0 Å². The quantitative estimate of drug-likeness (QED) is 0.898. The third-order valence-corrected chi connectivity index (χ3v) is 3.66. The molecule has 0 saturated heterocycles. The molecule has 0 spiro atoms. The van der Waals surface area contributed by atoms with E-state index in [0.717, 1.165) is 12.0 Å². The van der Waals surface area contributed by atoms with Crippen LogP contribution in [0.4, 0.5) is 4.39 Å². The second-order valence-corrected chi connectivity index (χ2v) is 5.55. The minimum atomic E-state index is -0.950. The summed E-state index contributed by atoms with van der Waals surface area (Å²) in [6.07, 6.45) is 6.96. The van der Waals surface area contributed by atoms with E-state index >= 15 is 0 Å². The minimum Gasteiger partial charge on any atom is -0.481 e. The maximum atomic E-state index is 14.1. The van der Waals surface area contributed by atoms with Gasteiger partial charge in [-0.2, -0.15) is 0 Å². The molecule has 1 aromatic rings. The maximum absolute atomic E-state index is 14.1. The lowest BCUT2D eigenvalue weighted by molar-refractivity contribution is -0.136. The van der Waals surface area contributed by atoms with Crippen molar-refractivity contribution in [2.45, 2.75) is 26.7 Å². The van der Waals surface area contributed by atoms with Crippen LogP contribution in [-0.2, 0) is 11.2 Å². The number of rotatable bonds is 4. The van der Waals surface area contributed by atoms with E-state index in [9.17, 15) is 9.18 Å². The van der Waals surface area contributed by atoms with Gasteiger partial charge in [-0.1, -0.05) is 44.2 Å². The fraction of sp³-hybridized carbons (Fsp3) is 0.353. The van der Waals surface area contributed by atoms with Gasteiger partial charge >= 0.3 is 5.97 Å². The van der Waals surface area contributed by atoms with Gasteiger partial charge < -0.3 is 5.11 Å². The fourth-order valence-electron chi connectivity index (χ4n) is 2.43. The van der Waals surface area contributed by atoms with Crippen LogP contribution in [0, 0.1) is 17.7 Å². The Labute approximate surface area is 118 Å². The predicted octanol–water partition coefficient (Wildman–Crippen LogP) is 4.07. The van der Waals surface area contributed by atoms with Crippen molar-refractivity contribution in [1.82, 2.24) is 0 Å². The summed E-state index contributed by atoms with van der Waals surface area (Å²) in [5.74, 6) is -0.366. The molecule has 0 amide bonds. The SMILES string of the molecule is CC(C)C1C=C(c2ccc(CC(=O)O)cc2F)C=CC1. The van der Waals surface area contributed by atoms with Gasteiger partial charge in [0.15, 0.2) is 0 Å². The standard InChI is InChI=1S/C17H19FO2/c1-11(2)13-4-3-5-14(10-13)15-7-6-12(8-16(15)18)9-17(19)20/h3,5-8,10-11,13H,4,9H2,1-2H3,(H,19,20). The normalized spacial score (nSPS) is 18.2. The first kappa shape index (κ1) is 14.5. The van der Waals surface area contributed by atoms with Gasteiger partial charge in [-0.25, -0.2) is 4.39 Å². The van der Waals surface area contributed by atoms with E-state index in [4.69, 9.17) is 5.11 Å². The summed E-state index contributed by atoms with van der Waals surface area (Å²) in [6.45, 7) is 4.31. The van der Waals surface area contributed by atoms with Crippen LogP contribution in [-0.4, -0.2) is 11.1 Å². The van der Waals surface area contributed by atoms with E-state index in [2.05, 4.69) is 26.0 Å². The summed E-state index contributed by atoms with van der Waals surface area (Å²) >= 11 is 0. The second-order valence-electron chi connectivity index (χ2n) is 5.55. The lowest BCUT2D eigenvalue weighted by Crippen LogP contribution is -2.08. The van der Waals surface area contributed by atoms with Gasteiger partial charge in [-0.15, -0.1) is 0 Å². The number of hydrogen-bond acceptors (Lipinski definition) is 1. The van der Waals surface area contributed by atoms with Crippen LogP contribution >= 0.6 is 0 Å². The molecule has 0 bridgehead atoms. The molecule has 1 atom stereocenters. The molecule has 1 aliphatic carbocycles. The lowest BCUT2D eigenvalue weighted by Gasteiger charge is -2.20. The van der Waals surface area contributed by atoms with E-state index in [1.54, 1.807) is 12.1 Å². The topological polar surface area (TPSA) is 37.3 Å². The summed E-state index contributed by atoms with van der Waals surface area (Å²) in [5.41, 5.74) is 1.91. The maximum Gasteiger partial charge on any atom is 0.307 e. The first-order valence-corrected chi connectivity index (χ1v) is 6.86. The van der Waals surface area contributed by atoms with Crippen molar-refractivity contribution in [3.8, 4) is 0 Å². The van der Waals surface area contributed by atoms with Crippen LogP contribution in [0.3, 0.4) is 0 Å². The molecule has 0 radical (unpaired) electrons. The van der Waals surface area contributed by atoms with Gasteiger partial charge in [0.2, 0.25) is 0 Å². The van der Waals surface area contributed by atoms with Crippen LogP contribution in [0.15, 0.2) is 36.4 Å². The van der Waals surface area contributed by atoms with Gasteiger partial charge in [0, 0.05) is 5.56 Å². The summed E-state index contributed by atoms with van der Waals surface area (Å²) in [7, 11) is 0. The smallest absolute Gasteiger partial charge is 0.307 e. The number of benzene rings is 1. The van der Waals surface area contributed by atoms with Gasteiger partial charge in [0.05, 0.1) is 6.42 Å². The highest BCUT2D eigenvalue weighted by Crippen LogP contribution is 2.30. The zero-order valence-corrected chi connectivity index (χ0v) is 11.8. The lowest BCUT2D eigenvalue weighted by atomic mass is 9.85. The van der Waals surface area contributed by atoms with E-state index in [-0.39, 0.29) is 12.2 Å². The molecule has 0 aliphatic heterocycles. The van der Waals surface area contributed by atoms with Crippen molar-refractivity contribution in [3.63, 3.8) is 0 Å². The highest BCUT2D eigenvalue weighted by Gasteiger charge is 2.16. The van der Waals surface area contributed by atoms with Crippen molar-refractivity contribution in [3.05, 3.63) is 53.4 Å². The number of hydrogen-bond donors (Lipinski definition) is 1. The van der Waals surface area contributed by atoms with Crippen LogP contribution in [0.2, 0.25) is 0 Å². The third-order valence-electron chi connectivity index (χ3n) is 3.66. The molecule has 106 valence electrons. The van der Waals surface area contributed by atoms with Crippen molar-refractivity contribution in [1.29, 1.82) is 0 Å². The Kier molecular flexibility index (Phi) is 4.38. The van der Waals surface area contributed by atoms with E-state index < -0.39 is 5.97 Å². The molecule has 1 aromatic carbocycles. The van der Waals surface area contributed by atoms with E-state index in [1.165, 1.54) is 6.07 Å². The fourth-order valence-corrected chi connectivity index (χ4v) is 2.43. The van der Waals surface area contributed by atoms with Crippen LogP contribution in [0.1, 0.15) is 31.4 Å². The Bertz CT molecular complexity index is 570. The number of carboxylic acid groups (broad SMARTS) is 1. The average Bonchev–Trinajstić information content (AvgIpc) is 2.38. The van der Waals surface area contributed by atoms with Gasteiger partial charge in [0.1, 0.15) is 5.82 Å². The summed E-state index contributed by atoms with van der Waals surface area (Å²) in [4.78, 5) is 10.6. The monoisotopic (exact) mass is 274 g/mol. The Morgan fingerprint density at radius 2 is 2.20 bits per heavy atom. The predicted molar refractivity (Wildman–Crippen MR) is 77.8 cm³/mol. The Hall–Kier alpha value is -1.90. The first-order valence-electron chi connectivity index (χ1n) is 6.86. The molecule has 1 N–H and O–H groups in total. The second kappa shape index (κ2) is 6.04. The molecule has 0 saturated carbocycles. The summed E-state index contributed by atoms with van der Waals surface area (Å²) in [5, 5.41) is 8.73. The molecule has 1 unspecified atom stereocenters. The van der Waals surface area contributed by atoms with Crippen molar-refractivity contribution in [2.75, 3.05) is 0 Å². The Morgan fingerprint density at radius 1 is 1.45 bits per heavy atom. The molecular formula is C17H19FO2. The number of carboxylic acids is 1. The molecule has 20 heavy (non-hydrogen) atoms. The molecule has 3 heteroatoms. The van der Waals surface area contributed by atoms with Crippen LogP contribution in [0.5, 0.6) is 0 Å². The van der Waals surface area contributed by atoms with Gasteiger partial charge in [-0.05, 0) is 35.5 Å². The molecule has 1 aliphatic rings. The zero-order chi connectivity index (χ0) is 14.7. The minimum absolute atomic E-state index is 0.152. The first-order chi connectivity index (χ1) is 9.47. The molecule has 0 fully saturated rings. The molecule has 2 rings (SSSR count). The van der Waals surface area contributed by atoms with Crippen molar-refractivity contribution >= 4 is 11.5 Å². The molecule has 0 heterocycles. The molecule has 0 aromatic heterocycles. The van der Waals surface area contributed by atoms with Crippen molar-refractivity contribution in [2.24, 2.45) is 11.8 Å². The van der Waals surface area contributed by atoms with Gasteiger partial charge in [-0.3, -0.25) is 4.79 Å². The largest absolute Gasteiger partial charge is 0.481 e. The van der Waals surface area contributed by atoms with E-state index in [0.29, 0.717) is 23.0 Å². The molecular weight excluding hydrogens is 255 g/mol. The summed E-state index contributed by atoms with van der Waals surface area (Å²) < 4.78 is 14.1. The van der Waals surface area contributed by atoms with Crippen molar-refractivity contribution < 1.29 is 14.3 Å². The number of allylic oxidation sites excluding steroid dienone is 4. The van der Waals surface area contributed by atoms with E-state index in [1.807, 2.05) is 6.08 Å². The van der Waals surface area contributed by atoms with Crippen LogP contribution in [0.25, 0.3) is 5.57 Å². The highest BCUT2D eigenvalue weighted by molar-refractivity contribution is 5.76. The number of carbonyl (C=O) groups is 1. The average molecular weight is 274 g/mol. The third kappa shape index (κ3) is 3.35. The number of halogens is 1. The highest BCUT2D eigenvalue weighted by atomic mass is 19.1. The Balaban J connectivity index is 2.29. The Morgan fingerprint density at radius 3 is 2.80 bits per heavy atom. The number of aliphatic carboxylic acids is 1. The summed E-state index contributed by atoms with van der Waals surface area (Å²) in [6, 6.07) is 4.67.